The molecule has 5 nitrogen and oxygen atoms in total. The van der Waals surface area contributed by atoms with Crippen LogP contribution in [0.15, 0.2) is 46.9 Å². The summed E-state index contributed by atoms with van der Waals surface area (Å²) in [5, 5.41) is 13.9. The van der Waals surface area contributed by atoms with E-state index in [1.54, 1.807) is 36.4 Å². The zero-order chi connectivity index (χ0) is 16.1. The zero-order valence-electron chi connectivity index (χ0n) is 11.7. The minimum atomic E-state index is -0.829. The Kier molecular flexibility index (Phi) is 4.92. The number of carbonyl (C=O) groups is 2. The molecule has 0 aliphatic heterocycles. The molecule has 0 spiro atoms. The predicted molar refractivity (Wildman–Crippen MR) is 87.3 cm³/mol. The van der Waals surface area contributed by atoms with Crippen LogP contribution in [0.1, 0.15) is 11.1 Å². The lowest BCUT2D eigenvalue weighted by atomic mass is 10.2. The fourth-order valence-electron chi connectivity index (χ4n) is 1.82. The highest BCUT2D eigenvalue weighted by Crippen LogP contribution is 2.20. The summed E-state index contributed by atoms with van der Waals surface area (Å²) < 4.78 is 0.885. The summed E-state index contributed by atoms with van der Waals surface area (Å²) in [5.41, 5.74) is 1.98. The van der Waals surface area contributed by atoms with Crippen LogP contribution in [0, 0.1) is 18.3 Å². The smallest absolute Gasteiger partial charge is 0.314 e. The van der Waals surface area contributed by atoms with Crippen molar-refractivity contribution < 1.29 is 9.59 Å². The van der Waals surface area contributed by atoms with Crippen molar-refractivity contribution >= 4 is 39.1 Å². The van der Waals surface area contributed by atoms with E-state index >= 15 is 0 Å². The van der Waals surface area contributed by atoms with E-state index in [1.165, 1.54) is 0 Å². The van der Waals surface area contributed by atoms with Gasteiger partial charge in [-0.05, 0) is 42.8 Å². The first-order valence-corrected chi connectivity index (χ1v) is 7.18. The van der Waals surface area contributed by atoms with Crippen LogP contribution in [-0.4, -0.2) is 11.8 Å². The van der Waals surface area contributed by atoms with Gasteiger partial charge in [0.15, 0.2) is 0 Å². The highest BCUT2D eigenvalue weighted by Gasteiger charge is 2.16. The number of nitrogens with one attached hydrogen (secondary N) is 2. The van der Waals surface area contributed by atoms with Gasteiger partial charge in [-0.25, -0.2) is 0 Å². The summed E-state index contributed by atoms with van der Waals surface area (Å²) in [6.45, 7) is 1.82. The Morgan fingerprint density at radius 3 is 2.32 bits per heavy atom. The molecule has 0 bridgehead atoms. The third-order valence-electron chi connectivity index (χ3n) is 2.94. The summed E-state index contributed by atoms with van der Waals surface area (Å²) in [6.07, 6.45) is 0. The van der Waals surface area contributed by atoms with E-state index in [9.17, 15) is 9.59 Å². The molecule has 0 radical (unpaired) electrons. The van der Waals surface area contributed by atoms with Gasteiger partial charge in [0.05, 0.1) is 11.3 Å². The van der Waals surface area contributed by atoms with Gasteiger partial charge in [-0.15, -0.1) is 0 Å². The van der Waals surface area contributed by atoms with E-state index in [-0.39, 0.29) is 0 Å². The standard InChI is InChI=1S/C16H12BrN3O2/c1-10-8-12(17)6-7-13(10)19-15(21)16(22)20-14-5-3-2-4-11(14)9-18/h2-8H,1H3,(H,19,21)(H,20,22). The Hall–Kier alpha value is -2.65. The molecule has 2 amide bonds. The van der Waals surface area contributed by atoms with E-state index in [2.05, 4.69) is 26.6 Å². The van der Waals surface area contributed by atoms with Crippen LogP contribution in [0.5, 0.6) is 0 Å². The van der Waals surface area contributed by atoms with Gasteiger partial charge < -0.3 is 10.6 Å². The van der Waals surface area contributed by atoms with Crippen LogP contribution in [-0.2, 0) is 9.59 Å². The first kappa shape index (κ1) is 15.7. The molecule has 0 aliphatic rings. The van der Waals surface area contributed by atoms with Gasteiger partial charge in [0.25, 0.3) is 0 Å². The van der Waals surface area contributed by atoms with Crippen molar-refractivity contribution in [3.05, 3.63) is 58.1 Å². The van der Waals surface area contributed by atoms with Crippen LogP contribution in [0.25, 0.3) is 0 Å². The molecule has 2 aromatic rings. The molecule has 2 aromatic carbocycles. The average molecular weight is 358 g/mol. The summed E-state index contributed by atoms with van der Waals surface area (Å²) in [7, 11) is 0. The van der Waals surface area contributed by atoms with Gasteiger partial charge in [0.1, 0.15) is 6.07 Å². The Bertz CT molecular complexity index is 781. The number of nitriles is 1. The van der Waals surface area contributed by atoms with Crippen LogP contribution in [0.3, 0.4) is 0 Å². The van der Waals surface area contributed by atoms with Crippen LogP contribution < -0.4 is 10.6 Å². The van der Waals surface area contributed by atoms with E-state index in [0.29, 0.717) is 16.9 Å². The molecule has 2 N–H and O–H groups in total. The monoisotopic (exact) mass is 357 g/mol. The van der Waals surface area contributed by atoms with Gasteiger partial charge in [-0.3, -0.25) is 9.59 Å². The lowest BCUT2D eigenvalue weighted by molar-refractivity contribution is -0.133. The number of hydrogen-bond acceptors (Lipinski definition) is 3. The minimum absolute atomic E-state index is 0.295. The number of hydrogen-bond donors (Lipinski definition) is 2. The molecular formula is C16H12BrN3O2. The fraction of sp³-hybridized carbons (Fsp3) is 0.0625. The molecule has 6 heteroatoms. The minimum Gasteiger partial charge on any atom is -0.318 e. The van der Waals surface area contributed by atoms with Gasteiger partial charge in [0.2, 0.25) is 0 Å². The number of nitrogens with zero attached hydrogens (tertiary/aromatic N) is 1. The molecule has 22 heavy (non-hydrogen) atoms. The molecule has 0 fully saturated rings. The number of aryl methyl sites for hydroxylation is 1. The summed E-state index contributed by atoms with van der Waals surface area (Å²) >= 11 is 3.33. The fourth-order valence-corrected chi connectivity index (χ4v) is 2.29. The molecule has 2 rings (SSSR count). The SMILES string of the molecule is Cc1cc(Br)ccc1NC(=O)C(=O)Nc1ccccc1C#N. The average Bonchev–Trinajstić information content (AvgIpc) is 2.50. The van der Waals surface area contributed by atoms with E-state index in [1.807, 2.05) is 19.1 Å². The van der Waals surface area contributed by atoms with Crippen molar-refractivity contribution in [2.75, 3.05) is 10.6 Å². The molecule has 0 saturated heterocycles. The van der Waals surface area contributed by atoms with Gasteiger partial charge >= 0.3 is 11.8 Å². The number of rotatable bonds is 2. The molecule has 0 atom stereocenters. The normalized spacial score (nSPS) is 9.68. The molecule has 0 saturated carbocycles. The van der Waals surface area contributed by atoms with Crippen LogP contribution in [0.2, 0.25) is 0 Å². The number of halogens is 1. The van der Waals surface area contributed by atoms with Crippen molar-refractivity contribution in [3.63, 3.8) is 0 Å². The highest BCUT2D eigenvalue weighted by atomic mass is 79.9. The number of amides is 2. The predicted octanol–water partition coefficient (Wildman–Crippen LogP) is 3.21. The Balaban J connectivity index is 2.10. The summed E-state index contributed by atoms with van der Waals surface area (Å²) in [4.78, 5) is 23.9. The third kappa shape index (κ3) is 3.71. The van der Waals surface area contributed by atoms with Crippen molar-refractivity contribution in [1.29, 1.82) is 5.26 Å². The van der Waals surface area contributed by atoms with Gasteiger partial charge in [-0.2, -0.15) is 5.26 Å². The molecule has 0 aromatic heterocycles. The van der Waals surface area contributed by atoms with E-state index in [0.717, 1.165) is 10.0 Å². The molecule has 0 unspecified atom stereocenters. The lowest BCUT2D eigenvalue weighted by Gasteiger charge is -2.09. The second-order valence-corrected chi connectivity index (χ2v) is 5.44. The van der Waals surface area contributed by atoms with Crippen molar-refractivity contribution in [2.24, 2.45) is 0 Å². The van der Waals surface area contributed by atoms with Crippen LogP contribution in [0.4, 0.5) is 11.4 Å². The quantitative estimate of drug-likeness (QED) is 0.809. The molecular weight excluding hydrogens is 346 g/mol. The summed E-state index contributed by atoms with van der Waals surface area (Å²) in [5.74, 6) is -1.62. The zero-order valence-corrected chi connectivity index (χ0v) is 13.3. The Morgan fingerprint density at radius 2 is 1.68 bits per heavy atom. The topological polar surface area (TPSA) is 82.0 Å². The first-order valence-electron chi connectivity index (χ1n) is 6.39. The lowest BCUT2D eigenvalue weighted by Crippen LogP contribution is -2.29. The van der Waals surface area contributed by atoms with E-state index < -0.39 is 11.8 Å². The maximum atomic E-state index is 11.9. The molecule has 0 heterocycles. The maximum Gasteiger partial charge on any atom is 0.314 e. The third-order valence-corrected chi connectivity index (χ3v) is 3.43. The largest absolute Gasteiger partial charge is 0.318 e. The summed E-state index contributed by atoms with van der Waals surface area (Å²) in [6, 6.07) is 13.7. The number of anilines is 2. The molecule has 110 valence electrons. The van der Waals surface area contributed by atoms with Crippen molar-refractivity contribution in [2.45, 2.75) is 6.92 Å². The van der Waals surface area contributed by atoms with E-state index in [4.69, 9.17) is 5.26 Å². The number of carbonyl (C=O) groups excluding carboxylic acids is 2. The second kappa shape index (κ2) is 6.87. The number of benzene rings is 2. The number of para-hydroxylation sites is 1. The second-order valence-electron chi connectivity index (χ2n) is 4.52. The Morgan fingerprint density at radius 1 is 1.05 bits per heavy atom. The highest BCUT2D eigenvalue weighted by molar-refractivity contribution is 9.10. The van der Waals surface area contributed by atoms with Gasteiger partial charge in [-0.1, -0.05) is 28.1 Å². The first-order chi connectivity index (χ1) is 10.5. The van der Waals surface area contributed by atoms with Crippen LogP contribution >= 0.6 is 15.9 Å². The Labute approximate surface area is 136 Å². The maximum absolute atomic E-state index is 11.9. The van der Waals surface area contributed by atoms with Crippen molar-refractivity contribution in [3.8, 4) is 6.07 Å². The molecule has 0 aliphatic carbocycles. The van der Waals surface area contributed by atoms with Gasteiger partial charge in [0, 0.05) is 10.2 Å². The van der Waals surface area contributed by atoms with Crippen molar-refractivity contribution in [1.82, 2.24) is 0 Å².